The van der Waals surface area contributed by atoms with Crippen molar-refractivity contribution in [1.29, 1.82) is 0 Å². The molecule has 1 aliphatic rings. The third-order valence-corrected chi connectivity index (χ3v) is 3.77. The van der Waals surface area contributed by atoms with Crippen LogP contribution in [0, 0.1) is 0 Å². The molecule has 7 nitrogen and oxygen atoms in total. The monoisotopic (exact) mass is 373 g/mol. The Morgan fingerprint density at radius 3 is 2.23 bits per heavy atom. The summed E-state index contributed by atoms with van der Waals surface area (Å²) in [6, 6.07) is 4.41. The van der Waals surface area contributed by atoms with Gasteiger partial charge in [-0.2, -0.15) is 13.2 Å². The summed E-state index contributed by atoms with van der Waals surface area (Å²) in [6.07, 6.45) is -5.17. The van der Waals surface area contributed by atoms with E-state index in [2.05, 4.69) is 0 Å². The number of amides is 3. The number of halogens is 3. The normalized spacial score (nSPS) is 14.8. The van der Waals surface area contributed by atoms with Crippen molar-refractivity contribution in [3.05, 3.63) is 29.8 Å². The zero-order chi connectivity index (χ0) is 19.3. The highest BCUT2D eigenvalue weighted by Crippen LogP contribution is 2.34. The van der Waals surface area contributed by atoms with Gasteiger partial charge in [0.1, 0.15) is 0 Å². The lowest BCUT2D eigenvalue weighted by atomic mass is 10.1. The van der Waals surface area contributed by atoms with E-state index < -0.39 is 35.3 Å². The Kier molecular flexibility index (Phi) is 6.06. The Morgan fingerprint density at radius 2 is 1.65 bits per heavy atom. The average molecular weight is 373 g/mol. The topological polar surface area (TPSA) is 79.0 Å². The van der Waals surface area contributed by atoms with Gasteiger partial charge in [-0.05, 0) is 19.1 Å². The molecule has 1 aromatic rings. The van der Waals surface area contributed by atoms with Crippen LogP contribution in [0.15, 0.2) is 24.3 Å². The molecule has 1 heterocycles. The second-order valence-corrected chi connectivity index (χ2v) is 5.48. The molecule has 1 N–H and O–H groups in total. The van der Waals surface area contributed by atoms with E-state index in [-0.39, 0.29) is 32.8 Å². The molecule has 10 heteroatoms. The molecule has 0 spiro atoms. The van der Waals surface area contributed by atoms with Crippen molar-refractivity contribution >= 4 is 23.6 Å². The fourth-order valence-corrected chi connectivity index (χ4v) is 2.47. The Hall–Kier alpha value is -2.78. The molecule has 0 unspecified atom stereocenters. The number of ether oxygens (including phenoxy) is 1. The third-order valence-electron chi connectivity index (χ3n) is 3.77. The van der Waals surface area contributed by atoms with Gasteiger partial charge in [0, 0.05) is 26.2 Å². The summed E-state index contributed by atoms with van der Waals surface area (Å²) in [6.45, 7) is 2.42. The molecule has 0 radical (unpaired) electrons. The lowest BCUT2D eigenvalue weighted by molar-refractivity contribution is -0.144. The van der Waals surface area contributed by atoms with E-state index in [0.29, 0.717) is 0 Å². The molecule has 2 rings (SSSR count). The van der Waals surface area contributed by atoms with Gasteiger partial charge in [-0.3, -0.25) is 9.59 Å². The highest BCUT2D eigenvalue weighted by Gasteiger charge is 2.35. The smallest absolute Gasteiger partial charge is 0.418 e. The number of carbonyl (C=O) groups is 3. The number of piperazine rings is 1. The Morgan fingerprint density at radius 1 is 1.08 bits per heavy atom. The van der Waals surface area contributed by atoms with Gasteiger partial charge in [-0.1, -0.05) is 12.1 Å². The SMILES string of the molecule is CCOC(=O)N1CCN(C(=O)C(=O)Nc2ccccc2C(F)(F)F)CC1. The van der Waals surface area contributed by atoms with Gasteiger partial charge in [-0.25, -0.2) is 4.79 Å². The molecule has 1 aromatic carbocycles. The van der Waals surface area contributed by atoms with Crippen LogP contribution in [0.4, 0.5) is 23.7 Å². The van der Waals surface area contributed by atoms with E-state index in [0.717, 1.165) is 12.1 Å². The number of anilines is 1. The lowest BCUT2D eigenvalue weighted by Gasteiger charge is -2.33. The van der Waals surface area contributed by atoms with Crippen molar-refractivity contribution in [2.75, 3.05) is 38.1 Å². The second kappa shape index (κ2) is 8.07. The summed E-state index contributed by atoms with van der Waals surface area (Å²) in [4.78, 5) is 38.4. The first-order valence-corrected chi connectivity index (χ1v) is 7.92. The third kappa shape index (κ3) is 4.64. The number of hydrogen-bond acceptors (Lipinski definition) is 4. The standard InChI is InChI=1S/C16H18F3N3O4/c1-2-26-15(25)22-9-7-21(8-10-22)14(24)13(23)20-12-6-4-3-5-11(12)16(17,18)19/h3-6H,2,7-10H2,1H3,(H,20,23). The van der Waals surface area contributed by atoms with Gasteiger partial charge in [0.05, 0.1) is 17.9 Å². The molecule has 142 valence electrons. The molecule has 26 heavy (non-hydrogen) atoms. The highest BCUT2D eigenvalue weighted by molar-refractivity contribution is 6.39. The summed E-state index contributed by atoms with van der Waals surface area (Å²) >= 11 is 0. The van der Waals surface area contributed by atoms with Crippen LogP contribution in [0.3, 0.4) is 0 Å². The number of nitrogens with zero attached hydrogens (tertiary/aromatic N) is 2. The molecular formula is C16H18F3N3O4. The first kappa shape index (κ1) is 19.5. The van der Waals surface area contributed by atoms with Crippen molar-refractivity contribution in [3.8, 4) is 0 Å². The van der Waals surface area contributed by atoms with Crippen molar-refractivity contribution < 1.29 is 32.3 Å². The Labute approximate surface area is 147 Å². The van der Waals surface area contributed by atoms with Crippen molar-refractivity contribution in [2.24, 2.45) is 0 Å². The number of alkyl halides is 3. The molecule has 1 aliphatic heterocycles. The first-order valence-electron chi connectivity index (χ1n) is 7.92. The minimum Gasteiger partial charge on any atom is -0.450 e. The lowest BCUT2D eigenvalue weighted by Crippen LogP contribution is -2.53. The maximum atomic E-state index is 12.9. The van der Waals surface area contributed by atoms with E-state index in [1.807, 2.05) is 5.32 Å². The van der Waals surface area contributed by atoms with Gasteiger partial charge in [0.15, 0.2) is 0 Å². The van der Waals surface area contributed by atoms with Crippen LogP contribution in [-0.4, -0.2) is 60.5 Å². The predicted octanol–water partition coefficient (Wildman–Crippen LogP) is 1.94. The van der Waals surface area contributed by atoms with Gasteiger partial charge in [0.2, 0.25) is 0 Å². The number of nitrogens with one attached hydrogen (secondary N) is 1. The highest BCUT2D eigenvalue weighted by atomic mass is 19.4. The van der Waals surface area contributed by atoms with Crippen LogP contribution in [0.25, 0.3) is 0 Å². The van der Waals surface area contributed by atoms with Crippen LogP contribution in [0.1, 0.15) is 12.5 Å². The molecular weight excluding hydrogens is 355 g/mol. The first-order chi connectivity index (χ1) is 12.2. The van der Waals surface area contributed by atoms with E-state index >= 15 is 0 Å². The van der Waals surface area contributed by atoms with E-state index in [4.69, 9.17) is 4.74 Å². The molecule has 0 atom stereocenters. The summed E-state index contributed by atoms with van der Waals surface area (Å²) in [5.41, 5.74) is -1.52. The van der Waals surface area contributed by atoms with Crippen LogP contribution < -0.4 is 5.32 Å². The summed E-state index contributed by atoms with van der Waals surface area (Å²) in [5.74, 6) is -2.11. The van der Waals surface area contributed by atoms with Gasteiger partial charge in [0.25, 0.3) is 0 Å². The van der Waals surface area contributed by atoms with Crippen LogP contribution >= 0.6 is 0 Å². The number of para-hydroxylation sites is 1. The second-order valence-electron chi connectivity index (χ2n) is 5.48. The van der Waals surface area contributed by atoms with Crippen LogP contribution in [0.2, 0.25) is 0 Å². The molecule has 3 amide bonds. The minimum atomic E-state index is -4.65. The van der Waals surface area contributed by atoms with Gasteiger partial charge >= 0.3 is 24.1 Å². The van der Waals surface area contributed by atoms with E-state index in [1.165, 1.54) is 21.9 Å². The maximum absolute atomic E-state index is 12.9. The summed E-state index contributed by atoms with van der Waals surface area (Å²) in [5, 5.41) is 2.01. The zero-order valence-electron chi connectivity index (χ0n) is 14.0. The average Bonchev–Trinajstić information content (AvgIpc) is 2.61. The molecule has 1 fully saturated rings. The molecule has 0 bridgehead atoms. The number of benzene rings is 1. The number of rotatable bonds is 2. The number of hydrogen-bond donors (Lipinski definition) is 1. The summed E-state index contributed by atoms with van der Waals surface area (Å²) < 4.78 is 43.7. The van der Waals surface area contributed by atoms with Gasteiger partial charge in [-0.15, -0.1) is 0 Å². The zero-order valence-corrected chi connectivity index (χ0v) is 14.0. The van der Waals surface area contributed by atoms with Crippen molar-refractivity contribution in [3.63, 3.8) is 0 Å². The Bertz CT molecular complexity index is 686. The van der Waals surface area contributed by atoms with E-state index in [1.54, 1.807) is 6.92 Å². The minimum absolute atomic E-state index is 0.0893. The fourth-order valence-electron chi connectivity index (χ4n) is 2.47. The maximum Gasteiger partial charge on any atom is 0.418 e. The molecule has 0 aromatic heterocycles. The summed E-state index contributed by atoms with van der Waals surface area (Å²) in [7, 11) is 0. The molecule has 0 aliphatic carbocycles. The number of carbonyl (C=O) groups excluding carboxylic acids is 3. The van der Waals surface area contributed by atoms with Gasteiger partial charge < -0.3 is 19.9 Å². The largest absolute Gasteiger partial charge is 0.450 e. The van der Waals surface area contributed by atoms with Crippen LogP contribution in [0.5, 0.6) is 0 Å². The van der Waals surface area contributed by atoms with Crippen molar-refractivity contribution in [2.45, 2.75) is 13.1 Å². The fraction of sp³-hybridized carbons (Fsp3) is 0.438. The van der Waals surface area contributed by atoms with Crippen LogP contribution in [-0.2, 0) is 20.5 Å². The molecule has 0 saturated carbocycles. The van der Waals surface area contributed by atoms with Crippen molar-refractivity contribution in [1.82, 2.24) is 9.80 Å². The molecule has 1 saturated heterocycles. The predicted molar refractivity (Wildman–Crippen MR) is 85.2 cm³/mol. The van der Waals surface area contributed by atoms with E-state index in [9.17, 15) is 27.6 Å². The quantitative estimate of drug-likeness (QED) is 0.804. The Balaban J connectivity index is 1.98.